The number of aryl methyl sites for hydroxylation is 1. The normalized spacial score (nSPS) is 21.2. The Kier molecular flexibility index (Phi) is 9.79. The number of nitrogens with zero attached hydrogens (tertiary/aromatic N) is 5. The number of likely N-dealkylation sites (N-methyl/N-ethyl adjacent to an activating group) is 1. The van der Waals surface area contributed by atoms with Gasteiger partial charge in [0, 0.05) is 38.6 Å². The number of ether oxygens (including phenoxy) is 1. The molecule has 4 rings (SSSR count). The molecule has 1 saturated heterocycles. The number of rotatable bonds is 9. The lowest BCUT2D eigenvalue weighted by Crippen LogP contribution is -2.48. The number of hydrogen-bond donors (Lipinski definition) is 2. The highest BCUT2D eigenvalue weighted by atomic mass is 127. The molecular weight excluding hydrogens is 521 g/mol. The van der Waals surface area contributed by atoms with E-state index in [4.69, 9.17) is 14.1 Å². The van der Waals surface area contributed by atoms with Crippen molar-refractivity contribution in [3.05, 3.63) is 35.8 Å². The second-order valence-corrected chi connectivity index (χ2v) is 8.31. The minimum atomic E-state index is 0. The molecule has 2 aromatic heterocycles. The van der Waals surface area contributed by atoms with Gasteiger partial charge in [0.2, 0.25) is 0 Å². The molecule has 2 aromatic rings. The Morgan fingerprint density at radius 3 is 3.06 bits per heavy atom. The average Bonchev–Trinajstić information content (AvgIpc) is 3.52. The van der Waals surface area contributed by atoms with Crippen molar-refractivity contribution >= 4 is 29.9 Å². The number of likely N-dealkylation sites (tertiary alicyclic amines) is 1. The predicted molar refractivity (Wildman–Crippen MR) is 134 cm³/mol. The maximum atomic E-state index is 5.46. The van der Waals surface area contributed by atoms with Gasteiger partial charge in [-0.3, -0.25) is 9.89 Å². The van der Waals surface area contributed by atoms with Crippen molar-refractivity contribution in [1.29, 1.82) is 0 Å². The van der Waals surface area contributed by atoms with Crippen molar-refractivity contribution in [3.63, 3.8) is 0 Å². The van der Waals surface area contributed by atoms with Gasteiger partial charge in [-0.05, 0) is 44.5 Å². The lowest BCUT2D eigenvalue weighted by Gasteiger charge is -2.26. The molecule has 2 unspecified atom stereocenters. The van der Waals surface area contributed by atoms with Gasteiger partial charge in [-0.2, -0.15) is 5.10 Å². The predicted octanol–water partition coefficient (Wildman–Crippen LogP) is 2.21. The molecule has 0 amide bonds. The molecule has 10 heteroatoms. The molecule has 0 radical (unpaired) electrons. The summed E-state index contributed by atoms with van der Waals surface area (Å²) in [7, 11) is 1.67. The first-order valence-corrected chi connectivity index (χ1v) is 11.5. The van der Waals surface area contributed by atoms with Crippen molar-refractivity contribution < 1.29 is 9.15 Å². The van der Waals surface area contributed by atoms with Crippen LogP contribution in [0.1, 0.15) is 43.6 Å². The highest BCUT2D eigenvalue weighted by Gasteiger charge is 2.24. The fourth-order valence-corrected chi connectivity index (χ4v) is 4.49. The highest BCUT2D eigenvalue weighted by molar-refractivity contribution is 14.0. The highest BCUT2D eigenvalue weighted by Crippen LogP contribution is 2.17. The topological polar surface area (TPSA) is 92.7 Å². The van der Waals surface area contributed by atoms with Crippen LogP contribution in [-0.4, -0.2) is 71.0 Å². The first kappa shape index (κ1) is 25.0. The van der Waals surface area contributed by atoms with Crippen LogP contribution in [0, 0.1) is 0 Å². The number of methoxy groups -OCH3 is 1. The van der Waals surface area contributed by atoms with Gasteiger partial charge >= 0.3 is 0 Å². The van der Waals surface area contributed by atoms with Gasteiger partial charge < -0.3 is 19.8 Å². The van der Waals surface area contributed by atoms with E-state index >= 15 is 0 Å². The largest absolute Gasteiger partial charge is 0.469 e. The van der Waals surface area contributed by atoms with Crippen LogP contribution in [0.4, 0.5) is 0 Å². The quantitative estimate of drug-likeness (QED) is 0.278. The first-order chi connectivity index (χ1) is 15.2. The molecular formula is C22H36IN7O2. The zero-order valence-corrected chi connectivity index (χ0v) is 21.5. The fraction of sp³-hybridized carbons (Fsp3) is 0.682. The summed E-state index contributed by atoms with van der Waals surface area (Å²) in [6, 6.07) is 4.75. The Bertz CT molecular complexity index is 839. The second kappa shape index (κ2) is 12.5. The Morgan fingerprint density at radius 2 is 2.28 bits per heavy atom. The number of fused-ring (bicyclic) bond motifs is 1. The van der Waals surface area contributed by atoms with E-state index in [0.717, 1.165) is 68.8 Å². The molecule has 32 heavy (non-hydrogen) atoms. The standard InChI is InChI=1S/C22H35N7O2.HI/c1-3-28-12-4-6-18(28)14-24-22(23-11-10-19-7-5-13-31-19)25-17-8-9-21-26-20(16-30-2)27-29(21)15-17;/h5,7,13,17-18H,3-4,6,8-12,14-16H2,1-2H3,(H2,23,24,25);1H. The van der Waals surface area contributed by atoms with Crippen LogP contribution in [-0.2, 0) is 30.7 Å². The van der Waals surface area contributed by atoms with Gasteiger partial charge in [-0.15, -0.1) is 24.0 Å². The van der Waals surface area contributed by atoms with Crippen molar-refractivity contribution in [2.45, 2.75) is 64.3 Å². The molecule has 9 nitrogen and oxygen atoms in total. The van der Waals surface area contributed by atoms with E-state index in [0.29, 0.717) is 12.6 Å². The van der Waals surface area contributed by atoms with Crippen LogP contribution in [0.2, 0.25) is 0 Å². The third-order valence-electron chi connectivity index (χ3n) is 6.13. The molecule has 2 aliphatic heterocycles. The second-order valence-electron chi connectivity index (χ2n) is 8.31. The monoisotopic (exact) mass is 557 g/mol. The lowest BCUT2D eigenvalue weighted by molar-refractivity contribution is 0.177. The summed E-state index contributed by atoms with van der Waals surface area (Å²) in [5.74, 6) is 3.65. The molecule has 2 atom stereocenters. The summed E-state index contributed by atoms with van der Waals surface area (Å²) in [6.45, 7) is 7.36. The fourth-order valence-electron chi connectivity index (χ4n) is 4.49. The summed E-state index contributed by atoms with van der Waals surface area (Å²) < 4.78 is 12.6. The number of guanidine groups is 1. The van der Waals surface area contributed by atoms with E-state index in [2.05, 4.69) is 32.5 Å². The molecule has 178 valence electrons. The third-order valence-corrected chi connectivity index (χ3v) is 6.13. The number of furan rings is 1. The maximum Gasteiger partial charge on any atom is 0.191 e. The number of aliphatic imine (C=N–C) groups is 1. The third kappa shape index (κ3) is 6.67. The summed E-state index contributed by atoms with van der Waals surface area (Å²) >= 11 is 0. The average molecular weight is 557 g/mol. The lowest BCUT2D eigenvalue weighted by atomic mass is 10.1. The van der Waals surface area contributed by atoms with Gasteiger partial charge in [0.1, 0.15) is 18.2 Å². The zero-order valence-electron chi connectivity index (χ0n) is 19.1. The molecule has 0 bridgehead atoms. The van der Waals surface area contributed by atoms with E-state index < -0.39 is 0 Å². The molecule has 0 spiro atoms. The molecule has 2 aliphatic rings. The Hall–Kier alpha value is -1.66. The van der Waals surface area contributed by atoms with Crippen LogP contribution in [0.25, 0.3) is 0 Å². The van der Waals surface area contributed by atoms with Crippen LogP contribution >= 0.6 is 24.0 Å². The van der Waals surface area contributed by atoms with E-state index in [-0.39, 0.29) is 30.0 Å². The molecule has 1 fully saturated rings. The Morgan fingerprint density at radius 1 is 1.38 bits per heavy atom. The van der Waals surface area contributed by atoms with Crippen LogP contribution in [0.5, 0.6) is 0 Å². The number of hydrogen-bond acceptors (Lipinski definition) is 6. The Labute approximate surface area is 207 Å². The molecule has 0 saturated carbocycles. The number of aromatic nitrogens is 3. The van der Waals surface area contributed by atoms with E-state index in [9.17, 15) is 0 Å². The minimum Gasteiger partial charge on any atom is -0.469 e. The van der Waals surface area contributed by atoms with Crippen LogP contribution in [0.15, 0.2) is 27.8 Å². The van der Waals surface area contributed by atoms with Crippen molar-refractivity contribution in [2.24, 2.45) is 4.99 Å². The van der Waals surface area contributed by atoms with Gasteiger partial charge in [0.05, 0.1) is 19.4 Å². The number of nitrogens with one attached hydrogen (secondary N) is 2. The summed E-state index contributed by atoms with van der Waals surface area (Å²) in [6.07, 6.45) is 6.96. The Balaban J connectivity index is 0.00000289. The molecule has 2 N–H and O–H groups in total. The van der Waals surface area contributed by atoms with Gasteiger partial charge in [-0.25, -0.2) is 9.67 Å². The van der Waals surface area contributed by atoms with Gasteiger partial charge in [0.25, 0.3) is 0 Å². The molecule has 0 aliphatic carbocycles. The summed E-state index contributed by atoms with van der Waals surface area (Å²) in [5, 5.41) is 11.7. The van der Waals surface area contributed by atoms with Crippen LogP contribution in [0.3, 0.4) is 0 Å². The van der Waals surface area contributed by atoms with Crippen molar-refractivity contribution in [1.82, 2.24) is 30.3 Å². The van der Waals surface area contributed by atoms with E-state index in [1.165, 1.54) is 19.4 Å². The first-order valence-electron chi connectivity index (χ1n) is 11.5. The van der Waals surface area contributed by atoms with Crippen LogP contribution < -0.4 is 10.6 Å². The summed E-state index contributed by atoms with van der Waals surface area (Å²) in [4.78, 5) is 12.1. The van der Waals surface area contributed by atoms with E-state index in [1.807, 2.05) is 16.8 Å². The van der Waals surface area contributed by atoms with Gasteiger partial charge in [-0.1, -0.05) is 6.92 Å². The maximum absolute atomic E-state index is 5.46. The number of halogens is 1. The zero-order chi connectivity index (χ0) is 21.5. The summed E-state index contributed by atoms with van der Waals surface area (Å²) in [5.41, 5.74) is 0. The minimum absolute atomic E-state index is 0. The van der Waals surface area contributed by atoms with Gasteiger partial charge in [0.15, 0.2) is 11.8 Å². The van der Waals surface area contributed by atoms with E-state index in [1.54, 1.807) is 13.4 Å². The smallest absolute Gasteiger partial charge is 0.191 e. The van der Waals surface area contributed by atoms with Crippen molar-refractivity contribution in [2.75, 3.05) is 33.3 Å². The molecule has 4 heterocycles. The SMILES string of the molecule is CCN1CCCC1CN=C(NCCc1ccco1)NC1CCc2nc(COC)nn2C1.I. The molecule has 0 aromatic carbocycles. The van der Waals surface area contributed by atoms with Crippen molar-refractivity contribution in [3.8, 4) is 0 Å².